The van der Waals surface area contributed by atoms with E-state index < -0.39 is 0 Å². The molecule has 27 heavy (non-hydrogen) atoms. The lowest BCUT2D eigenvalue weighted by Crippen LogP contribution is -2.45. The third-order valence-corrected chi connectivity index (χ3v) is 6.22. The number of furan rings is 1. The van der Waals surface area contributed by atoms with E-state index in [9.17, 15) is 9.90 Å². The molecule has 4 rings (SSSR count). The number of nitrogens with one attached hydrogen (secondary N) is 1. The van der Waals surface area contributed by atoms with Gasteiger partial charge in [-0.2, -0.15) is 0 Å². The predicted octanol–water partition coefficient (Wildman–Crippen LogP) is 3.19. The maximum Gasteiger partial charge on any atom is 0.264 e. The van der Waals surface area contributed by atoms with Crippen molar-refractivity contribution in [2.75, 3.05) is 18.5 Å². The van der Waals surface area contributed by atoms with Crippen molar-refractivity contribution in [1.29, 1.82) is 0 Å². The highest BCUT2D eigenvalue weighted by atomic mass is 32.1. The van der Waals surface area contributed by atoms with Crippen LogP contribution < -0.4 is 5.32 Å². The molecule has 3 aromatic heterocycles. The second-order valence-corrected chi connectivity index (χ2v) is 7.72. The van der Waals surface area contributed by atoms with E-state index in [1.807, 2.05) is 24.0 Å². The highest BCUT2D eigenvalue weighted by molar-refractivity contribution is 7.20. The number of hydrogen-bond acceptors (Lipinski definition) is 7. The van der Waals surface area contributed by atoms with Gasteiger partial charge in [0.25, 0.3) is 5.91 Å². The standard InChI is InChI=1S/C19H22N4O3S/c1-12-15-17(20-9-14-6-4-8-26-14)21-11-22-18(15)27-16(12)19(25)23-7-3-2-5-13(23)10-24/h4,6,8,11,13,24H,2-3,5,7,9-10H2,1H3,(H,20,21,22)/t13-/m1/s1. The molecule has 1 atom stereocenters. The van der Waals surface area contributed by atoms with Gasteiger partial charge in [-0.05, 0) is 43.9 Å². The number of aromatic nitrogens is 2. The Hall–Kier alpha value is -2.45. The van der Waals surface area contributed by atoms with E-state index in [0.717, 1.165) is 40.8 Å². The maximum atomic E-state index is 13.2. The average Bonchev–Trinajstić information content (AvgIpc) is 3.34. The molecule has 1 aliphatic heterocycles. The van der Waals surface area contributed by atoms with E-state index in [4.69, 9.17) is 4.42 Å². The van der Waals surface area contributed by atoms with Gasteiger partial charge in [0.05, 0.1) is 35.7 Å². The number of carbonyl (C=O) groups excluding carboxylic acids is 1. The first-order valence-corrected chi connectivity index (χ1v) is 9.93. The largest absolute Gasteiger partial charge is 0.467 e. The van der Waals surface area contributed by atoms with Crippen molar-refractivity contribution in [2.45, 2.75) is 38.8 Å². The van der Waals surface area contributed by atoms with Crippen LogP contribution in [0, 0.1) is 6.92 Å². The molecule has 0 bridgehead atoms. The van der Waals surface area contributed by atoms with Gasteiger partial charge in [0.15, 0.2) is 0 Å². The van der Waals surface area contributed by atoms with Crippen molar-refractivity contribution >= 4 is 33.3 Å². The van der Waals surface area contributed by atoms with Gasteiger partial charge < -0.3 is 19.7 Å². The topological polar surface area (TPSA) is 91.5 Å². The van der Waals surface area contributed by atoms with Crippen LogP contribution in [-0.4, -0.2) is 45.1 Å². The number of aliphatic hydroxyl groups is 1. The number of carbonyl (C=O) groups is 1. The molecule has 8 heteroatoms. The number of nitrogens with zero attached hydrogens (tertiary/aromatic N) is 3. The number of thiophene rings is 1. The van der Waals surface area contributed by atoms with Crippen molar-refractivity contribution in [3.63, 3.8) is 0 Å². The summed E-state index contributed by atoms with van der Waals surface area (Å²) in [6.45, 7) is 3.14. The molecule has 1 aliphatic rings. The van der Waals surface area contributed by atoms with Crippen molar-refractivity contribution in [3.05, 3.63) is 40.9 Å². The zero-order valence-corrected chi connectivity index (χ0v) is 16.0. The summed E-state index contributed by atoms with van der Waals surface area (Å²) in [4.78, 5) is 25.1. The van der Waals surface area contributed by atoms with Crippen LogP contribution in [0.5, 0.6) is 0 Å². The molecule has 0 aromatic carbocycles. The van der Waals surface area contributed by atoms with Crippen LogP contribution in [0.4, 0.5) is 5.82 Å². The van der Waals surface area contributed by atoms with Gasteiger partial charge >= 0.3 is 0 Å². The van der Waals surface area contributed by atoms with Crippen molar-refractivity contribution in [1.82, 2.24) is 14.9 Å². The highest BCUT2D eigenvalue weighted by Crippen LogP contribution is 2.35. The molecular weight excluding hydrogens is 364 g/mol. The molecule has 0 radical (unpaired) electrons. The summed E-state index contributed by atoms with van der Waals surface area (Å²) < 4.78 is 5.36. The minimum atomic E-state index is -0.0986. The van der Waals surface area contributed by atoms with E-state index >= 15 is 0 Å². The summed E-state index contributed by atoms with van der Waals surface area (Å²) in [5.74, 6) is 1.48. The van der Waals surface area contributed by atoms with Crippen molar-refractivity contribution in [2.24, 2.45) is 0 Å². The van der Waals surface area contributed by atoms with Crippen LogP contribution in [0.25, 0.3) is 10.2 Å². The summed E-state index contributed by atoms with van der Waals surface area (Å²) >= 11 is 1.39. The lowest BCUT2D eigenvalue weighted by atomic mass is 10.0. The van der Waals surface area contributed by atoms with E-state index in [-0.39, 0.29) is 18.6 Å². The van der Waals surface area contributed by atoms with E-state index in [2.05, 4.69) is 15.3 Å². The molecule has 1 amide bonds. The molecule has 7 nitrogen and oxygen atoms in total. The molecule has 0 aliphatic carbocycles. The number of hydrogen-bond donors (Lipinski definition) is 2. The van der Waals surface area contributed by atoms with E-state index in [1.165, 1.54) is 17.7 Å². The first-order chi connectivity index (χ1) is 13.2. The number of likely N-dealkylation sites (tertiary alicyclic amines) is 1. The van der Waals surface area contributed by atoms with Gasteiger partial charge in [0, 0.05) is 6.54 Å². The molecule has 0 unspecified atom stereocenters. The van der Waals surface area contributed by atoms with Gasteiger partial charge in [-0.3, -0.25) is 4.79 Å². The Bertz CT molecular complexity index is 938. The number of anilines is 1. The Morgan fingerprint density at radius 2 is 2.33 bits per heavy atom. The second-order valence-electron chi connectivity index (χ2n) is 6.72. The lowest BCUT2D eigenvalue weighted by Gasteiger charge is -2.34. The molecule has 0 saturated carbocycles. The van der Waals surface area contributed by atoms with Gasteiger partial charge in [0.2, 0.25) is 0 Å². The van der Waals surface area contributed by atoms with Gasteiger partial charge in [-0.15, -0.1) is 11.3 Å². The van der Waals surface area contributed by atoms with Gasteiger partial charge in [-0.1, -0.05) is 0 Å². The third-order valence-electron chi connectivity index (χ3n) is 5.03. The fraction of sp³-hybridized carbons (Fsp3) is 0.421. The number of fused-ring (bicyclic) bond motifs is 1. The molecule has 142 valence electrons. The summed E-state index contributed by atoms with van der Waals surface area (Å²) in [5, 5.41) is 13.8. The first kappa shape index (κ1) is 17.9. The minimum Gasteiger partial charge on any atom is -0.467 e. The number of aryl methyl sites for hydroxylation is 1. The zero-order valence-electron chi connectivity index (χ0n) is 15.1. The molecule has 2 N–H and O–H groups in total. The summed E-state index contributed by atoms with van der Waals surface area (Å²) in [6, 6.07) is 3.64. The maximum absolute atomic E-state index is 13.2. The predicted molar refractivity (Wildman–Crippen MR) is 104 cm³/mol. The van der Waals surface area contributed by atoms with Crippen LogP contribution >= 0.6 is 11.3 Å². The van der Waals surface area contributed by atoms with Crippen LogP contribution in [0.15, 0.2) is 29.1 Å². The summed E-state index contributed by atoms with van der Waals surface area (Å²) in [7, 11) is 0. The Balaban J connectivity index is 1.65. The smallest absolute Gasteiger partial charge is 0.264 e. The molecule has 4 heterocycles. The van der Waals surface area contributed by atoms with Crippen LogP contribution in [0.3, 0.4) is 0 Å². The Morgan fingerprint density at radius 1 is 1.44 bits per heavy atom. The Kier molecular flexibility index (Phi) is 5.09. The number of rotatable bonds is 5. The lowest BCUT2D eigenvalue weighted by molar-refractivity contribution is 0.0507. The zero-order chi connectivity index (χ0) is 18.8. The Morgan fingerprint density at radius 3 is 3.11 bits per heavy atom. The Labute approximate surface area is 161 Å². The number of aliphatic hydroxyl groups excluding tert-OH is 1. The van der Waals surface area contributed by atoms with E-state index in [1.54, 1.807) is 6.26 Å². The molecule has 3 aromatic rings. The van der Waals surface area contributed by atoms with Crippen molar-refractivity contribution in [3.8, 4) is 0 Å². The number of piperidine rings is 1. The summed E-state index contributed by atoms with van der Waals surface area (Å²) in [5.41, 5.74) is 0.879. The van der Waals surface area contributed by atoms with Gasteiger partial charge in [0.1, 0.15) is 22.7 Å². The first-order valence-electron chi connectivity index (χ1n) is 9.11. The fourth-order valence-electron chi connectivity index (χ4n) is 3.58. The van der Waals surface area contributed by atoms with Crippen LogP contribution in [0.2, 0.25) is 0 Å². The number of amides is 1. The summed E-state index contributed by atoms with van der Waals surface area (Å²) in [6.07, 6.45) is 6.01. The SMILES string of the molecule is Cc1c(C(=O)N2CCCC[C@@H]2CO)sc2ncnc(NCc3ccco3)c12. The second kappa shape index (κ2) is 7.66. The van der Waals surface area contributed by atoms with Crippen molar-refractivity contribution < 1.29 is 14.3 Å². The molecule has 0 spiro atoms. The molecular formula is C19H22N4O3S. The fourth-order valence-corrected chi connectivity index (χ4v) is 4.69. The average molecular weight is 386 g/mol. The normalized spacial score (nSPS) is 17.4. The van der Waals surface area contributed by atoms with Gasteiger partial charge in [-0.25, -0.2) is 9.97 Å². The van der Waals surface area contributed by atoms with Crippen LogP contribution in [0.1, 0.15) is 40.3 Å². The monoisotopic (exact) mass is 386 g/mol. The highest BCUT2D eigenvalue weighted by Gasteiger charge is 2.30. The van der Waals surface area contributed by atoms with Crippen LogP contribution in [-0.2, 0) is 6.54 Å². The third kappa shape index (κ3) is 3.42. The molecule has 1 saturated heterocycles. The molecule has 1 fully saturated rings. The van der Waals surface area contributed by atoms with E-state index in [0.29, 0.717) is 23.8 Å². The minimum absolute atomic E-state index is 0.00540. The quantitative estimate of drug-likeness (QED) is 0.700.